The highest BCUT2D eigenvalue weighted by molar-refractivity contribution is 5.96. The number of hydrogen-bond donors (Lipinski definition) is 2. The van der Waals surface area contributed by atoms with Crippen molar-refractivity contribution in [2.24, 2.45) is 0 Å². The molecule has 0 aliphatic carbocycles. The Bertz CT molecular complexity index is 487. The van der Waals surface area contributed by atoms with Crippen LogP contribution in [0.2, 0.25) is 0 Å². The lowest BCUT2D eigenvalue weighted by Gasteiger charge is -2.18. The van der Waals surface area contributed by atoms with Crippen molar-refractivity contribution in [3.8, 4) is 11.8 Å². The fourth-order valence-corrected chi connectivity index (χ4v) is 1.79. The minimum atomic E-state index is -0.238. The standard InChI is InChI=1S/C15H21N3O2/c1-3-18(4-2)10-9-17-15(20)14-7-8-16-12-13(14)6-5-11-19/h7-8,12,19H,3-4,9-11H2,1-2H3,(H,17,20). The third-order valence-electron chi connectivity index (χ3n) is 2.98. The monoisotopic (exact) mass is 275 g/mol. The molecule has 0 aliphatic heterocycles. The Balaban J connectivity index is 2.63. The predicted octanol–water partition coefficient (Wildman–Crippen LogP) is 0.497. The first-order valence-corrected chi connectivity index (χ1v) is 6.77. The van der Waals surface area contributed by atoms with Gasteiger partial charge in [0.1, 0.15) is 6.61 Å². The minimum Gasteiger partial charge on any atom is -0.384 e. The Morgan fingerprint density at radius 3 is 2.85 bits per heavy atom. The van der Waals surface area contributed by atoms with Crippen LogP contribution in [0.3, 0.4) is 0 Å². The summed E-state index contributed by atoms with van der Waals surface area (Å²) >= 11 is 0. The SMILES string of the molecule is CCN(CC)CCNC(=O)c1ccncc1C#CCO. The van der Waals surface area contributed by atoms with Crippen LogP contribution in [0.5, 0.6) is 0 Å². The molecule has 5 heteroatoms. The van der Waals surface area contributed by atoms with Crippen molar-refractivity contribution in [2.75, 3.05) is 32.8 Å². The lowest BCUT2D eigenvalue weighted by Crippen LogP contribution is -2.35. The van der Waals surface area contributed by atoms with Gasteiger partial charge in [-0.1, -0.05) is 25.7 Å². The normalized spacial score (nSPS) is 10.0. The summed E-state index contributed by atoms with van der Waals surface area (Å²) in [6.45, 7) is 7.30. The number of rotatable bonds is 6. The number of nitrogens with zero attached hydrogens (tertiary/aromatic N) is 2. The van der Waals surface area contributed by atoms with E-state index in [0.29, 0.717) is 17.7 Å². The number of carbonyl (C=O) groups excluding carboxylic acids is 1. The highest BCUT2D eigenvalue weighted by atomic mass is 16.2. The molecule has 0 bridgehead atoms. The first kappa shape index (κ1) is 16.2. The Kier molecular flexibility index (Phi) is 7.33. The van der Waals surface area contributed by atoms with Crippen LogP contribution in [-0.4, -0.2) is 53.7 Å². The first-order chi connectivity index (χ1) is 9.72. The molecule has 20 heavy (non-hydrogen) atoms. The average Bonchev–Trinajstić information content (AvgIpc) is 2.49. The van der Waals surface area contributed by atoms with Crippen LogP contribution in [-0.2, 0) is 0 Å². The van der Waals surface area contributed by atoms with E-state index in [4.69, 9.17) is 5.11 Å². The molecular formula is C15H21N3O2. The first-order valence-electron chi connectivity index (χ1n) is 6.77. The quantitative estimate of drug-likeness (QED) is 0.742. The number of likely N-dealkylation sites (N-methyl/N-ethyl adjacent to an activating group) is 1. The summed E-state index contributed by atoms with van der Waals surface area (Å²) in [6, 6.07) is 1.63. The van der Waals surface area contributed by atoms with Gasteiger partial charge in [-0.05, 0) is 19.2 Å². The molecule has 2 N–H and O–H groups in total. The van der Waals surface area contributed by atoms with Gasteiger partial charge in [0.25, 0.3) is 5.91 Å². The van der Waals surface area contributed by atoms with Gasteiger partial charge in [0.2, 0.25) is 0 Å². The molecule has 0 spiro atoms. The summed E-state index contributed by atoms with van der Waals surface area (Å²) in [5.41, 5.74) is 1.02. The molecule has 1 heterocycles. The number of aromatic nitrogens is 1. The van der Waals surface area contributed by atoms with Gasteiger partial charge < -0.3 is 15.3 Å². The fraction of sp³-hybridized carbons (Fsp3) is 0.467. The topological polar surface area (TPSA) is 65.5 Å². The summed E-state index contributed by atoms with van der Waals surface area (Å²) in [4.78, 5) is 18.3. The molecule has 1 aromatic heterocycles. The van der Waals surface area contributed by atoms with E-state index < -0.39 is 0 Å². The second kappa shape index (κ2) is 9.08. The molecule has 0 fully saturated rings. The fourth-order valence-electron chi connectivity index (χ4n) is 1.79. The Morgan fingerprint density at radius 2 is 2.20 bits per heavy atom. The van der Waals surface area contributed by atoms with E-state index >= 15 is 0 Å². The number of aliphatic hydroxyl groups excluding tert-OH is 1. The second-order valence-corrected chi connectivity index (χ2v) is 4.16. The summed E-state index contributed by atoms with van der Waals surface area (Å²) < 4.78 is 0. The van der Waals surface area contributed by atoms with E-state index in [1.165, 1.54) is 6.20 Å². The van der Waals surface area contributed by atoms with E-state index in [1.807, 2.05) is 0 Å². The van der Waals surface area contributed by atoms with Crippen LogP contribution in [0, 0.1) is 11.8 Å². The van der Waals surface area contributed by atoms with Crippen molar-refractivity contribution in [3.63, 3.8) is 0 Å². The van der Waals surface area contributed by atoms with Gasteiger partial charge in [0.15, 0.2) is 0 Å². The highest BCUT2D eigenvalue weighted by Crippen LogP contribution is 2.05. The van der Waals surface area contributed by atoms with Crippen molar-refractivity contribution in [1.82, 2.24) is 15.2 Å². The Hall–Kier alpha value is -1.90. The molecule has 1 aromatic rings. The maximum atomic E-state index is 12.1. The lowest BCUT2D eigenvalue weighted by atomic mass is 10.1. The number of pyridine rings is 1. The predicted molar refractivity (Wildman–Crippen MR) is 78.3 cm³/mol. The van der Waals surface area contributed by atoms with Crippen LogP contribution in [0.25, 0.3) is 0 Å². The number of amides is 1. The molecule has 1 rings (SSSR count). The van der Waals surface area contributed by atoms with Gasteiger partial charge in [-0.15, -0.1) is 0 Å². The van der Waals surface area contributed by atoms with Gasteiger partial charge in [-0.3, -0.25) is 9.78 Å². The number of aliphatic hydroxyl groups is 1. The molecule has 0 aliphatic rings. The zero-order valence-electron chi connectivity index (χ0n) is 12.0. The summed E-state index contributed by atoms with van der Waals surface area (Å²) in [5, 5.41) is 11.6. The van der Waals surface area contributed by atoms with E-state index in [9.17, 15) is 4.79 Å². The van der Waals surface area contributed by atoms with E-state index in [-0.39, 0.29) is 12.5 Å². The minimum absolute atomic E-state index is 0.165. The number of hydrogen-bond acceptors (Lipinski definition) is 4. The van der Waals surface area contributed by atoms with Gasteiger partial charge in [-0.2, -0.15) is 0 Å². The highest BCUT2D eigenvalue weighted by Gasteiger charge is 2.09. The largest absolute Gasteiger partial charge is 0.384 e. The van der Waals surface area contributed by atoms with Crippen molar-refractivity contribution < 1.29 is 9.90 Å². The molecule has 108 valence electrons. The van der Waals surface area contributed by atoms with E-state index in [2.05, 4.69) is 40.9 Å². The molecule has 0 aromatic carbocycles. The molecule has 0 unspecified atom stereocenters. The van der Waals surface area contributed by atoms with E-state index in [1.54, 1.807) is 12.3 Å². The zero-order valence-corrected chi connectivity index (χ0v) is 12.0. The lowest BCUT2D eigenvalue weighted by molar-refractivity contribution is 0.0948. The summed E-state index contributed by atoms with van der Waals surface area (Å²) in [5.74, 6) is 5.10. The maximum absolute atomic E-state index is 12.1. The number of nitrogens with one attached hydrogen (secondary N) is 1. The van der Waals surface area contributed by atoms with Crippen LogP contribution in [0.1, 0.15) is 29.8 Å². The summed E-state index contributed by atoms with van der Waals surface area (Å²) in [7, 11) is 0. The van der Waals surface area contributed by atoms with Crippen molar-refractivity contribution in [1.29, 1.82) is 0 Å². The van der Waals surface area contributed by atoms with Crippen LogP contribution in [0.4, 0.5) is 0 Å². The molecule has 0 saturated heterocycles. The van der Waals surface area contributed by atoms with Gasteiger partial charge in [-0.25, -0.2) is 0 Å². The third-order valence-corrected chi connectivity index (χ3v) is 2.98. The summed E-state index contributed by atoms with van der Waals surface area (Å²) in [6.07, 6.45) is 3.09. The molecular weight excluding hydrogens is 254 g/mol. The van der Waals surface area contributed by atoms with Gasteiger partial charge in [0, 0.05) is 25.5 Å². The van der Waals surface area contributed by atoms with Crippen molar-refractivity contribution in [3.05, 3.63) is 29.6 Å². The van der Waals surface area contributed by atoms with Crippen molar-refractivity contribution in [2.45, 2.75) is 13.8 Å². The maximum Gasteiger partial charge on any atom is 0.252 e. The van der Waals surface area contributed by atoms with Crippen LogP contribution < -0.4 is 5.32 Å². The Labute approximate surface area is 120 Å². The van der Waals surface area contributed by atoms with Crippen LogP contribution in [0.15, 0.2) is 18.5 Å². The van der Waals surface area contributed by atoms with Crippen molar-refractivity contribution >= 4 is 5.91 Å². The molecule has 0 radical (unpaired) electrons. The Morgan fingerprint density at radius 1 is 1.45 bits per heavy atom. The average molecular weight is 275 g/mol. The molecule has 1 amide bonds. The van der Waals surface area contributed by atoms with Crippen LogP contribution >= 0.6 is 0 Å². The molecule has 0 saturated carbocycles. The second-order valence-electron chi connectivity index (χ2n) is 4.16. The third kappa shape index (κ3) is 5.00. The van der Waals surface area contributed by atoms with Gasteiger partial charge in [0.05, 0.1) is 11.1 Å². The molecule has 5 nitrogen and oxygen atoms in total. The van der Waals surface area contributed by atoms with Gasteiger partial charge >= 0.3 is 0 Å². The smallest absolute Gasteiger partial charge is 0.252 e. The zero-order chi connectivity index (χ0) is 14.8. The number of carbonyl (C=O) groups is 1. The molecule has 0 atom stereocenters. The van der Waals surface area contributed by atoms with E-state index in [0.717, 1.165) is 19.6 Å².